The van der Waals surface area contributed by atoms with Crippen LogP contribution in [0.4, 0.5) is 5.69 Å². The molecule has 0 aliphatic rings. The third kappa shape index (κ3) is 1.33. The van der Waals surface area contributed by atoms with Gasteiger partial charge >= 0.3 is 0 Å². The van der Waals surface area contributed by atoms with E-state index in [1.165, 1.54) is 0 Å². The van der Waals surface area contributed by atoms with Crippen LogP contribution in [0.2, 0.25) is 5.02 Å². The van der Waals surface area contributed by atoms with Crippen molar-refractivity contribution < 1.29 is 0 Å². The molecular formula is C14H10ClN. The summed E-state index contributed by atoms with van der Waals surface area (Å²) in [6.07, 6.45) is 0. The van der Waals surface area contributed by atoms with Crippen molar-refractivity contribution in [1.29, 1.82) is 0 Å². The van der Waals surface area contributed by atoms with E-state index in [-0.39, 0.29) is 0 Å². The highest BCUT2D eigenvalue weighted by Crippen LogP contribution is 2.33. The van der Waals surface area contributed by atoms with Crippen molar-refractivity contribution in [2.75, 3.05) is 5.73 Å². The maximum Gasteiger partial charge on any atom is 0.0563 e. The Bertz CT molecular complexity index is 689. The van der Waals surface area contributed by atoms with Crippen LogP contribution in [0.15, 0.2) is 48.5 Å². The minimum Gasteiger partial charge on any atom is -0.399 e. The van der Waals surface area contributed by atoms with Crippen LogP contribution < -0.4 is 5.73 Å². The Hall–Kier alpha value is -1.73. The molecule has 0 radical (unpaired) electrons. The lowest BCUT2D eigenvalue weighted by atomic mass is 10.0. The van der Waals surface area contributed by atoms with Crippen molar-refractivity contribution in [2.24, 2.45) is 0 Å². The Morgan fingerprint density at radius 2 is 1.56 bits per heavy atom. The largest absolute Gasteiger partial charge is 0.399 e. The van der Waals surface area contributed by atoms with Gasteiger partial charge in [0.25, 0.3) is 0 Å². The number of nitrogen functional groups attached to an aromatic ring is 1. The van der Waals surface area contributed by atoms with E-state index in [2.05, 4.69) is 12.1 Å². The van der Waals surface area contributed by atoms with Gasteiger partial charge < -0.3 is 5.73 Å². The van der Waals surface area contributed by atoms with Crippen LogP contribution in [-0.4, -0.2) is 0 Å². The standard InChI is InChI=1S/C14H10ClN/c15-14-12-4-2-1-3-9(12)7-10-5-6-11(16)8-13(10)14/h1-8H,16H2. The van der Waals surface area contributed by atoms with Gasteiger partial charge in [-0.2, -0.15) is 0 Å². The zero-order valence-electron chi connectivity index (χ0n) is 8.57. The Morgan fingerprint density at radius 1 is 0.812 bits per heavy atom. The molecule has 0 saturated heterocycles. The van der Waals surface area contributed by atoms with Gasteiger partial charge in [0.05, 0.1) is 5.02 Å². The highest BCUT2D eigenvalue weighted by Gasteiger charge is 2.04. The Balaban J connectivity index is 2.56. The first-order chi connectivity index (χ1) is 7.75. The van der Waals surface area contributed by atoms with Gasteiger partial charge in [-0.1, -0.05) is 41.9 Å². The maximum atomic E-state index is 6.39. The molecule has 0 heterocycles. The fourth-order valence-corrected chi connectivity index (χ4v) is 2.36. The molecule has 0 amide bonds. The molecule has 0 aliphatic heterocycles. The maximum absolute atomic E-state index is 6.39. The normalized spacial score (nSPS) is 11.1. The molecule has 0 fully saturated rings. The Kier molecular flexibility index (Phi) is 2.01. The second-order valence-electron chi connectivity index (χ2n) is 3.89. The van der Waals surface area contributed by atoms with E-state index in [0.29, 0.717) is 0 Å². The summed E-state index contributed by atoms with van der Waals surface area (Å²) in [5.41, 5.74) is 6.52. The van der Waals surface area contributed by atoms with Crippen LogP contribution in [0, 0.1) is 0 Å². The monoisotopic (exact) mass is 227 g/mol. The van der Waals surface area contributed by atoms with Crippen LogP contribution in [0.1, 0.15) is 0 Å². The lowest BCUT2D eigenvalue weighted by molar-refractivity contribution is 1.74. The summed E-state index contributed by atoms with van der Waals surface area (Å²) in [4.78, 5) is 0. The predicted octanol–water partition coefficient (Wildman–Crippen LogP) is 4.23. The average Bonchev–Trinajstić information content (AvgIpc) is 2.31. The van der Waals surface area contributed by atoms with Gasteiger partial charge in [-0.3, -0.25) is 0 Å². The quantitative estimate of drug-likeness (QED) is 0.451. The van der Waals surface area contributed by atoms with Crippen LogP contribution in [0.3, 0.4) is 0 Å². The Morgan fingerprint density at radius 3 is 2.44 bits per heavy atom. The SMILES string of the molecule is Nc1ccc2cc3ccccc3c(Cl)c2c1. The third-order valence-corrected chi connectivity index (χ3v) is 3.23. The molecule has 0 unspecified atom stereocenters. The zero-order chi connectivity index (χ0) is 11.1. The number of nitrogens with two attached hydrogens (primary N) is 1. The predicted molar refractivity (Wildman–Crippen MR) is 70.9 cm³/mol. The molecule has 3 aromatic carbocycles. The highest BCUT2D eigenvalue weighted by atomic mass is 35.5. The number of hydrogen-bond donors (Lipinski definition) is 1. The van der Waals surface area contributed by atoms with Gasteiger partial charge in [0.15, 0.2) is 0 Å². The molecule has 78 valence electrons. The van der Waals surface area contributed by atoms with Crippen LogP contribution in [0.5, 0.6) is 0 Å². The van der Waals surface area contributed by atoms with Gasteiger partial charge in [-0.15, -0.1) is 0 Å². The molecular weight excluding hydrogens is 218 g/mol. The summed E-state index contributed by atoms with van der Waals surface area (Å²) in [7, 11) is 0. The molecule has 0 bridgehead atoms. The van der Waals surface area contributed by atoms with Crippen LogP contribution >= 0.6 is 11.6 Å². The van der Waals surface area contributed by atoms with Gasteiger partial charge in [-0.25, -0.2) is 0 Å². The van der Waals surface area contributed by atoms with E-state index in [4.69, 9.17) is 17.3 Å². The topological polar surface area (TPSA) is 26.0 Å². The number of anilines is 1. The van der Waals surface area contributed by atoms with Crippen LogP contribution in [0.25, 0.3) is 21.5 Å². The second kappa shape index (κ2) is 3.39. The van der Waals surface area contributed by atoms with Gasteiger partial charge in [0, 0.05) is 16.5 Å². The summed E-state index contributed by atoms with van der Waals surface area (Å²) < 4.78 is 0. The summed E-state index contributed by atoms with van der Waals surface area (Å²) in [5.74, 6) is 0. The lowest BCUT2D eigenvalue weighted by Gasteiger charge is -2.06. The highest BCUT2D eigenvalue weighted by molar-refractivity contribution is 6.40. The van der Waals surface area contributed by atoms with Crippen molar-refractivity contribution in [1.82, 2.24) is 0 Å². The minimum atomic E-state index is 0.740. The van der Waals surface area contributed by atoms with E-state index in [0.717, 1.165) is 32.3 Å². The fraction of sp³-hybridized carbons (Fsp3) is 0. The molecule has 3 rings (SSSR count). The first kappa shape index (κ1) is 9.49. The van der Waals surface area contributed by atoms with Crippen molar-refractivity contribution in [3.63, 3.8) is 0 Å². The van der Waals surface area contributed by atoms with Gasteiger partial charge in [0.2, 0.25) is 0 Å². The number of fused-ring (bicyclic) bond motifs is 2. The first-order valence-electron chi connectivity index (χ1n) is 5.12. The number of hydrogen-bond acceptors (Lipinski definition) is 1. The van der Waals surface area contributed by atoms with E-state index < -0.39 is 0 Å². The van der Waals surface area contributed by atoms with Crippen LogP contribution in [-0.2, 0) is 0 Å². The van der Waals surface area contributed by atoms with Crippen molar-refractivity contribution >= 4 is 38.8 Å². The second-order valence-corrected chi connectivity index (χ2v) is 4.27. The molecule has 0 saturated carbocycles. The lowest BCUT2D eigenvalue weighted by Crippen LogP contribution is -1.85. The minimum absolute atomic E-state index is 0.740. The molecule has 0 aliphatic carbocycles. The van der Waals surface area contributed by atoms with Crippen molar-refractivity contribution in [3.05, 3.63) is 53.6 Å². The molecule has 16 heavy (non-hydrogen) atoms. The average molecular weight is 228 g/mol. The molecule has 2 heteroatoms. The smallest absolute Gasteiger partial charge is 0.0563 e. The third-order valence-electron chi connectivity index (χ3n) is 2.82. The summed E-state index contributed by atoms with van der Waals surface area (Å²) >= 11 is 6.39. The molecule has 0 aromatic heterocycles. The van der Waals surface area contributed by atoms with E-state index >= 15 is 0 Å². The van der Waals surface area contributed by atoms with E-state index in [9.17, 15) is 0 Å². The number of halogens is 1. The molecule has 3 aromatic rings. The number of rotatable bonds is 0. The fourth-order valence-electron chi connectivity index (χ4n) is 2.03. The van der Waals surface area contributed by atoms with Gasteiger partial charge in [0.1, 0.15) is 0 Å². The first-order valence-corrected chi connectivity index (χ1v) is 5.50. The zero-order valence-corrected chi connectivity index (χ0v) is 9.33. The van der Waals surface area contributed by atoms with Gasteiger partial charge in [-0.05, 0) is 29.0 Å². The molecule has 0 spiro atoms. The molecule has 0 atom stereocenters. The molecule has 2 N–H and O–H groups in total. The summed E-state index contributed by atoms with van der Waals surface area (Å²) in [6, 6.07) is 16.1. The van der Waals surface area contributed by atoms with Crippen molar-refractivity contribution in [3.8, 4) is 0 Å². The number of benzene rings is 3. The molecule has 1 nitrogen and oxygen atoms in total. The Labute approximate surface area is 98.4 Å². The summed E-state index contributed by atoms with van der Waals surface area (Å²) in [6.45, 7) is 0. The van der Waals surface area contributed by atoms with E-state index in [1.54, 1.807) is 0 Å². The van der Waals surface area contributed by atoms with E-state index in [1.807, 2.05) is 36.4 Å². The summed E-state index contributed by atoms with van der Waals surface area (Å²) in [5, 5.41) is 5.14. The van der Waals surface area contributed by atoms with Crippen molar-refractivity contribution in [2.45, 2.75) is 0 Å².